The van der Waals surface area contributed by atoms with Gasteiger partial charge in [-0.2, -0.15) is 0 Å². The fraction of sp³-hybridized carbons (Fsp3) is 0.478. The maximum absolute atomic E-state index is 13.1. The lowest BCUT2D eigenvalue weighted by Gasteiger charge is -2.25. The van der Waals surface area contributed by atoms with E-state index in [1.807, 2.05) is 24.9 Å². The zero-order valence-corrected chi connectivity index (χ0v) is 18.1. The van der Waals surface area contributed by atoms with Crippen molar-refractivity contribution in [3.8, 4) is 0 Å². The average Bonchev–Trinajstić information content (AvgIpc) is 3.13. The fourth-order valence-corrected chi connectivity index (χ4v) is 3.88. The van der Waals surface area contributed by atoms with Crippen molar-refractivity contribution in [3.63, 3.8) is 0 Å². The van der Waals surface area contributed by atoms with E-state index in [0.29, 0.717) is 34.9 Å². The molecule has 1 aliphatic heterocycles. The van der Waals surface area contributed by atoms with Crippen LogP contribution in [0.4, 0.5) is 0 Å². The van der Waals surface area contributed by atoms with E-state index in [2.05, 4.69) is 9.80 Å². The molecule has 0 bridgehead atoms. The van der Waals surface area contributed by atoms with Crippen LogP contribution in [0.5, 0.6) is 0 Å². The minimum absolute atomic E-state index is 0.0801. The van der Waals surface area contributed by atoms with E-state index in [9.17, 15) is 9.59 Å². The summed E-state index contributed by atoms with van der Waals surface area (Å²) in [5.74, 6) is 0.00644. The molecule has 0 amide bonds. The lowest BCUT2D eigenvalue weighted by molar-refractivity contribution is 0.0915. The number of aromatic nitrogens is 1. The summed E-state index contributed by atoms with van der Waals surface area (Å²) in [5.41, 5.74) is 1.77. The Labute approximate surface area is 178 Å². The Kier molecular flexibility index (Phi) is 7.64. The van der Waals surface area contributed by atoms with Crippen LogP contribution in [0, 0.1) is 0 Å². The maximum Gasteiger partial charge on any atom is 0.209 e. The molecule has 156 valence electrons. The smallest absolute Gasteiger partial charge is 0.209 e. The van der Waals surface area contributed by atoms with Crippen molar-refractivity contribution in [1.29, 1.82) is 0 Å². The Morgan fingerprint density at radius 1 is 1.03 bits per heavy atom. The number of likely N-dealkylation sites (tertiary alicyclic amines) is 1. The molecular formula is C23H30ClN3O2. The first-order valence-electron chi connectivity index (χ1n) is 10.3. The quantitative estimate of drug-likeness (QED) is 0.581. The minimum Gasteiger partial charge on any atom is -0.344 e. The van der Waals surface area contributed by atoms with Crippen molar-refractivity contribution in [2.75, 3.05) is 40.3 Å². The van der Waals surface area contributed by atoms with Gasteiger partial charge in [-0.25, -0.2) is 0 Å². The standard InChI is InChI=1S/C23H30ClN3O2/c1-25(2)11-6-14-27-16-19(22(28)17-26-12-4-3-5-13-26)15-21(27)23(29)18-7-9-20(24)10-8-18/h7-10,15-16H,3-6,11-14,17H2,1-2H3. The Morgan fingerprint density at radius 2 is 1.72 bits per heavy atom. The van der Waals surface area contributed by atoms with Gasteiger partial charge in [-0.1, -0.05) is 18.0 Å². The van der Waals surface area contributed by atoms with Gasteiger partial charge in [0.2, 0.25) is 5.78 Å². The van der Waals surface area contributed by atoms with E-state index >= 15 is 0 Å². The van der Waals surface area contributed by atoms with Crippen LogP contribution >= 0.6 is 11.6 Å². The third-order valence-corrected chi connectivity index (χ3v) is 5.63. The van der Waals surface area contributed by atoms with E-state index in [1.54, 1.807) is 30.3 Å². The number of ketones is 2. The molecule has 1 aliphatic rings. The number of carbonyl (C=O) groups excluding carboxylic acids is 2. The first-order valence-corrected chi connectivity index (χ1v) is 10.7. The number of Topliss-reactive ketones (excluding diaryl/α,β-unsaturated/α-hetero) is 1. The summed E-state index contributed by atoms with van der Waals surface area (Å²) in [6.45, 7) is 4.00. The molecule has 2 heterocycles. The Morgan fingerprint density at radius 3 is 2.38 bits per heavy atom. The van der Waals surface area contributed by atoms with E-state index in [1.165, 1.54) is 6.42 Å². The molecule has 5 nitrogen and oxygen atoms in total. The first kappa shape index (κ1) is 21.8. The zero-order valence-electron chi connectivity index (χ0n) is 17.4. The molecule has 0 unspecified atom stereocenters. The average molecular weight is 416 g/mol. The molecule has 0 aliphatic carbocycles. The van der Waals surface area contributed by atoms with Crippen molar-refractivity contribution < 1.29 is 9.59 Å². The van der Waals surface area contributed by atoms with Crippen LogP contribution in [-0.2, 0) is 6.54 Å². The lowest BCUT2D eigenvalue weighted by Crippen LogP contribution is -2.34. The van der Waals surface area contributed by atoms with Gasteiger partial charge in [0.25, 0.3) is 0 Å². The van der Waals surface area contributed by atoms with E-state index in [4.69, 9.17) is 11.6 Å². The second kappa shape index (κ2) is 10.2. The Bertz CT molecular complexity index is 836. The molecule has 6 heteroatoms. The molecule has 0 N–H and O–H groups in total. The number of hydrogen-bond acceptors (Lipinski definition) is 4. The highest BCUT2D eigenvalue weighted by molar-refractivity contribution is 6.30. The van der Waals surface area contributed by atoms with Crippen LogP contribution in [0.1, 0.15) is 52.1 Å². The Balaban J connectivity index is 1.81. The number of nitrogens with zero attached hydrogens (tertiary/aromatic N) is 3. The number of halogens is 1. The molecular weight excluding hydrogens is 386 g/mol. The second-order valence-electron chi connectivity index (χ2n) is 8.06. The molecule has 0 saturated carbocycles. The van der Waals surface area contributed by atoms with Gasteiger partial charge >= 0.3 is 0 Å². The zero-order chi connectivity index (χ0) is 20.8. The summed E-state index contributed by atoms with van der Waals surface area (Å²) in [5, 5.41) is 0.598. The first-order chi connectivity index (χ1) is 13.9. The van der Waals surface area contributed by atoms with Crippen molar-refractivity contribution in [1.82, 2.24) is 14.4 Å². The normalized spacial score (nSPS) is 15.0. The molecule has 3 rings (SSSR count). The van der Waals surface area contributed by atoms with Crippen molar-refractivity contribution in [2.24, 2.45) is 0 Å². The molecule has 2 aromatic rings. The monoisotopic (exact) mass is 415 g/mol. The highest BCUT2D eigenvalue weighted by atomic mass is 35.5. The molecule has 1 saturated heterocycles. The van der Waals surface area contributed by atoms with Gasteiger partial charge < -0.3 is 9.47 Å². The summed E-state index contributed by atoms with van der Waals surface area (Å²) < 4.78 is 1.93. The molecule has 1 aromatic carbocycles. The molecule has 29 heavy (non-hydrogen) atoms. The number of aryl methyl sites for hydroxylation is 1. The number of carbonyl (C=O) groups is 2. The van der Waals surface area contributed by atoms with Crippen molar-refractivity contribution in [2.45, 2.75) is 32.2 Å². The number of piperidine rings is 1. The van der Waals surface area contributed by atoms with Gasteiger partial charge in [-0.15, -0.1) is 0 Å². The highest BCUT2D eigenvalue weighted by Gasteiger charge is 2.21. The predicted octanol–water partition coefficient (Wildman–Crippen LogP) is 3.99. The summed E-state index contributed by atoms with van der Waals surface area (Å²) in [6, 6.07) is 8.67. The van der Waals surface area contributed by atoms with Gasteiger partial charge in [-0.3, -0.25) is 14.5 Å². The van der Waals surface area contributed by atoms with Gasteiger partial charge in [0.15, 0.2) is 5.78 Å². The van der Waals surface area contributed by atoms with Crippen LogP contribution in [-0.4, -0.2) is 66.2 Å². The largest absolute Gasteiger partial charge is 0.344 e. The topological polar surface area (TPSA) is 45.6 Å². The van der Waals surface area contributed by atoms with Crippen LogP contribution in [0.25, 0.3) is 0 Å². The van der Waals surface area contributed by atoms with E-state index in [-0.39, 0.29) is 11.6 Å². The van der Waals surface area contributed by atoms with Crippen LogP contribution in [0.15, 0.2) is 36.5 Å². The summed E-state index contributed by atoms with van der Waals surface area (Å²) in [6.07, 6.45) is 6.30. The third-order valence-electron chi connectivity index (χ3n) is 5.38. The van der Waals surface area contributed by atoms with Gasteiger partial charge in [0, 0.05) is 28.9 Å². The van der Waals surface area contributed by atoms with Crippen LogP contribution < -0.4 is 0 Å². The number of hydrogen-bond donors (Lipinski definition) is 0. The summed E-state index contributed by atoms with van der Waals surface area (Å²) in [4.78, 5) is 30.3. The molecule has 1 fully saturated rings. The molecule has 0 radical (unpaired) electrons. The number of benzene rings is 1. The molecule has 1 aromatic heterocycles. The third kappa shape index (κ3) is 6.01. The van der Waals surface area contributed by atoms with E-state index in [0.717, 1.165) is 38.9 Å². The van der Waals surface area contributed by atoms with Gasteiger partial charge in [0.1, 0.15) is 0 Å². The maximum atomic E-state index is 13.1. The lowest BCUT2D eigenvalue weighted by atomic mass is 10.1. The van der Waals surface area contributed by atoms with Crippen molar-refractivity contribution in [3.05, 3.63) is 58.4 Å². The summed E-state index contributed by atoms with van der Waals surface area (Å²) >= 11 is 5.96. The van der Waals surface area contributed by atoms with Gasteiger partial charge in [0.05, 0.1) is 12.2 Å². The second-order valence-corrected chi connectivity index (χ2v) is 8.50. The fourth-order valence-electron chi connectivity index (χ4n) is 3.76. The molecule has 0 spiro atoms. The van der Waals surface area contributed by atoms with Gasteiger partial charge in [-0.05, 0) is 83.3 Å². The number of rotatable bonds is 9. The van der Waals surface area contributed by atoms with Crippen molar-refractivity contribution >= 4 is 23.2 Å². The predicted molar refractivity (Wildman–Crippen MR) is 117 cm³/mol. The summed E-state index contributed by atoms with van der Waals surface area (Å²) in [7, 11) is 4.06. The van der Waals surface area contributed by atoms with Crippen LogP contribution in [0.3, 0.4) is 0 Å². The van der Waals surface area contributed by atoms with E-state index < -0.39 is 0 Å². The SMILES string of the molecule is CN(C)CCCn1cc(C(=O)CN2CCCCC2)cc1C(=O)c1ccc(Cl)cc1. The van der Waals surface area contributed by atoms with Crippen LogP contribution in [0.2, 0.25) is 5.02 Å². The highest BCUT2D eigenvalue weighted by Crippen LogP contribution is 2.18. The minimum atomic E-state index is -0.0801. The molecule has 0 atom stereocenters. The Hall–Kier alpha value is -1.95.